The first-order valence-corrected chi connectivity index (χ1v) is 7.01. The number of amides is 1. The van der Waals surface area contributed by atoms with Gasteiger partial charge in [0.25, 0.3) is 5.91 Å². The van der Waals surface area contributed by atoms with E-state index >= 15 is 0 Å². The van der Waals surface area contributed by atoms with Crippen molar-refractivity contribution in [2.75, 3.05) is 6.54 Å². The minimum Gasteiger partial charge on any atom is -0.333 e. The van der Waals surface area contributed by atoms with Gasteiger partial charge in [-0.25, -0.2) is 0 Å². The fourth-order valence-corrected chi connectivity index (χ4v) is 2.24. The number of carbonyl (C=O) groups excluding carboxylic acids is 1. The SMILES string of the molecule is CCN(Cc1cccc(Cl)c1)C(=O)c1cc(Cl)ccn1. The molecule has 0 spiro atoms. The Bertz CT molecular complexity index is 616. The molecule has 0 atom stereocenters. The van der Waals surface area contributed by atoms with Crippen LogP contribution in [0.1, 0.15) is 23.0 Å². The summed E-state index contributed by atoms with van der Waals surface area (Å²) in [6, 6.07) is 10.7. The van der Waals surface area contributed by atoms with Crippen molar-refractivity contribution in [2.24, 2.45) is 0 Å². The zero-order valence-corrected chi connectivity index (χ0v) is 12.5. The zero-order valence-electron chi connectivity index (χ0n) is 11.0. The first-order chi connectivity index (χ1) is 9.60. The maximum atomic E-state index is 12.4. The second-order valence-electron chi connectivity index (χ2n) is 4.31. The van der Waals surface area contributed by atoms with E-state index in [-0.39, 0.29) is 5.91 Å². The molecular formula is C15H14Cl2N2O. The van der Waals surface area contributed by atoms with Gasteiger partial charge in [0.1, 0.15) is 5.69 Å². The maximum Gasteiger partial charge on any atom is 0.272 e. The number of nitrogens with zero attached hydrogens (tertiary/aromatic N) is 2. The highest BCUT2D eigenvalue weighted by Gasteiger charge is 2.16. The molecule has 2 aromatic rings. The summed E-state index contributed by atoms with van der Waals surface area (Å²) in [5.74, 6) is -0.144. The van der Waals surface area contributed by atoms with Crippen LogP contribution in [0.5, 0.6) is 0 Å². The first kappa shape index (κ1) is 14.8. The number of carbonyl (C=O) groups is 1. The van der Waals surface area contributed by atoms with Crippen LogP contribution < -0.4 is 0 Å². The summed E-state index contributed by atoms with van der Waals surface area (Å²) in [5, 5.41) is 1.16. The third-order valence-electron chi connectivity index (χ3n) is 2.87. The predicted octanol–water partition coefficient (Wildman–Crippen LogP) is 4.05. The summed E-state index contributed by atoms with van der Waals surface area (Å²) in [6.07, 6.45) is 1.53. The van der Waals surface area contributed by atoms with Crippen LogP contribution in [0.2, 0.25) is 10.0 Å². The van der Waals surface area contributed by atoms with Gasteiger partial charge in [0.15, 0.2) is 0 Å². The quantitative estimate of drug-likeness (QED) is 0.853. The van der Waals surface area contributed by atoms with Crippen LogP contribution in [0.4, 0.5) is 0 Å². The second kappa shape index (κ2) is 6.73. The summed E-state index contributed by atoms with van der Waals surface area (Å²) in [7, 11) is 0. The highest BCUT2D eigenvalue weighted by molar-refractivity contribution is 6.31. The van der Waals surface area contributed by atoms with Crippen LogP contribution in [0.25, 0.3) is 0 Å². The van der Waals surface area contributed by atoms with Gasteiger partial charge in [-0.3, -0.25) is 9.78 Å². The number of benzene rings is 1. The molecule has 0 aliphatic heterocycles. The fraction of sp³-hybridized carbons (Fsp3) is 0.200. The maximum absolute atomic E-state index is 12.4. The Balaban J connectivity index is 2.18. The third kappa shape index (κ3) is 3.71. The summed E-state index contributed by atoms with van der Waals surface area (Å²) in [5.41, 5.74) is 1.33. The standard InChI is InChI=1S/C15H14Cl2N2O/c1-2-19(10-11-4-3-5-12(16)8-11)15(20)14-9-13(17)6-7-18-14/h3-9H,2,10H2,1H3. The Morgan fingerprint density at radius 1 is 1.20 bits per heavy atom. The van der Waals surface area contributed by atoms with E-state index in [2.05, 4.69) is 4.98 Å². The van der Waals surface area contributed by atoms with Gasteiger partial charge >= 0.3 is 0 Å². The highest BCUT2D eigenvalue weighted by Crippen LogP contribution is 2.15. The number of hydrogen-bond acceptors (Lipinski definition) is 2. The minimum absolute atomic E-state index is 0.144. The molecule has 1 aromatic heterocycles. The Labute approximate surface area is 128 Å². The molecule has 1 aromatic carbocycles. The van der Waals surface area contributed by atoms with Crippen molar-refractivity contribution in [1.29, 1.82) is 0 Å². The first-order valence-electron chi connectivity index (χ1n) is 6.25. The number of halogens is 2. The average molecular weight is 309 g/mol. The number of rotatable bonds is 4. The highest BCUT2D eigenvalue weighted by atomic mass is 35.5. The van der Waals surface area contributed by atoms with Crippen LogP contribution in [0.15, 0.2) is 42.6 Å². The van der Waals surface area contributed by atoms with Crippen molar-refractivity contribution in [2.45, 2.75) is 13.5 Å². The molecule has 0 bridgehead atoms. The van der Waals surface area contributed by atoms with Crippen molar-refractivity contribution in [3.05, 3.63) is 63.9 Å². The number of aromatic nitrogens is 1. The van der Waals surface area contributed by atoms with E-state index in [1.807, 2.05) is 31.2 Å². The van der Waals surface area contributed by atoms with Crippen LogP contribution >= 0.6 is 23.2 Å². The topological polar surface area (TPSA) is 33.2 Å². The third-order valence-corrected chi connectivity index (χ3v) is 3.34. The lowest BCUT2D eigenvalue weighted by Gasteiger charge is -2.20. The molecule has 0 saturated heterocycles. The Morgan fingerprint density at radius 3 is 2.60 bits per heavy atom. The molecule has 0 aliphatic carbocycles. The molecule has 0 saturated carbocycles. The van der Waals surface area contributed by atoms with Gasteiger partial charge < -0.3 is 4.90 Å². The molecular weight excluding hydrogens is 295 g/mol. The van der Waals surface area contributed by atoms with E-state index in [1.165, 1.54) is 6.20 Å². The number of pyridine rings is 1. The van der Waals surface area contributed by atoms with E-state index in [1.54, 1.807) is 17.0 Å². The predicted molar refractivity (Wildman–Crippen MR) is 81.1 cm³/mol. The van der Waals surface area contributed by atoms with Crippen LogP contribution in [0.3, 0.4) is 0 Å². The summed E-state index contributed by atoms with van der Waals surface area (Å²) >= 11 is 11.8. The lowest BCUT2D eigenvalue weighted by atomic mass is 10.2. The zero-order chi connectivity index (χ0) is 14.5. The lowest BCUT2D eigenvalue weighted by Crippen LogP contribution is -2.30. The molecule has 0 N–H and O–H groups in total. The largest absolute Gasteiger partial charge is 0.333 e. The van der Waals surface area contributed by atoms with E-state index < -0.39 is 0 Å². The van der Waals surface area contributed by atoms with Crippen molar-refractivity contribution in [3.8, 4) is 0 Å². The van der Waals surface area contributed by atoms with Crippen LogP contribution in [-0.2, 0) is 6.54 Å². The van der Waals surface area contributed by atoms with E-state index in [4.69, 9.17) is 23.2 Å². The van der Waals surface area contributed by atoms with Gasteiger partial charge in [-0.2, -0.15) is 0 Å². The second-order valence-corrected chi connectivity index (χ2v) is 5.18. The van der Waals surface area contributed by atoms with E-state index in [9.17, 15) is 4.79 Å². The van der Waals surface area contributed by atoms with Crippen molar-refractivity contribution in [1.82, 2.24) is 9.88 Å². The molecule has 0 unspecified atom stereocenters. The molecule has 20 heavy (non-hydrogen) atoms. The normalized spacial score (nSPS) is 10.3. The molecule has 2 rings (SSSR count). The van der Waals surface area contributed by atoms with Crippen molar-refractivity contribution < 1.29 is 4.79 Å². The van der Waals surface area contributed by atoms with Crippen molar-refractivity contribution in [3.63, 3.8) is 0 Å². The molecule has 104 valence electrons. The van der Waals surface area contributed by atoms with Gasteiger partial charge in [0, 0.05) is 29.3 Å². The molecule has 1 amide bonds. The minimum atomic E-state index is -0.144. The summed E-state index contributed by atoms with van der Waals surface area (Å²) in [6.45, 7) is 3.00. The fourth-order valence-electron chi connectivity index (χ4n) is 1.87. The number of hydrogen-bond donors (Lipinski definition) is 0. The average Bonchev–Trinajstić information content (AvgIpc) is 2.44. The molecule has 0 radical (unpaired) electrons. The van der Waals surface area contributed by atoms with Gasteiger partial charge in [-0.1, -0.05) is 35.3 Å². The molecule has 0 aliphatic rings. The summed E-state index contributed by atoms with van der Waals surface area (Å²) in [4.78, 5) is 18.2. The smallest absolute Gasteiger partial charge is 0.272 e. The Kier molecular flexibility index (Phi) is 4.99. The summed E-state index contributed by atoms with van der Waals surface area (Å²) < 4.78 is 0. The molecule has 3 nitrogen and oxygen atoms in total. The molecule has 1 heterocycles. The van der Waals surface area contributed by atoms with Gasteiger partial charge in [0.05, 0.1) is 0 Å². The monoisotopic (exact) mass is 308 g/mol. The van der Waals surface area contributed by atoms with Crippen molar-refractivity contribution >= 4 is 29.1 Å². The lowest BCUT2D eigenvalue weighted by molar-refractivity contribution is 0.0746. The Hall–Kier alpha value is -1.58. The molecule has 5 heteroatoms. The van der Waals surface area contributed by atoms with Crippen LogP contribution in [0, 0.1) is 0 Å². The van der Waals surface area contributed by atoms with Crippen LogP contribution in [-0.4, -0.2) is 22.3 Å². The van der Waals surface area contributed by atoms with Gasteiger partial charge in [0.2, 0.25) is 0 Å². The van der Waals surface area contributed by atoms with E-state index in [0.717, 1.165) is 5.56 Å². The van der Waals surface area contributed by atoms with Gasteiger partial charge in [-0.15, -0.1) is 0 Å². The van der Waals surface area contributed by atoms with E-state index in [0.29, 0.717) is 28.8 Å². The Morgan fingerprint density at radius 2 is 1.95 bits per heavy atom. The molecule has 0 fully saturated rings. The van der Waals surface area contributed by atoms with Gasteiger partial charge in [-0.05, 0) is 36.8 Å².